The maximum absolute atomic E-state index is 13.5. The van der Waals surface area contributed by atoms with Crippen molar-refractivity contribution in [1.29, 1.82) is 0 Å². The number of hydrogen-bond donors (Lipinski definition) is 0. The smallest absolute Gasteiger partial charge is 0.237 e. The number of nitrogens with zero attached hydrogens (tertiary/aromatic N) is 2. The van der Waals surface area contributed by atoms with Gasteiger partial charge in [0.1, 0.15) is 12.4 Å². The molecule has 0 fully saturated rings. The number of imidazole rings is 1. The molecule has 0 atom stereocenters. The van der Waals surface area contributed by atoms with E-state index in [2.05, 4.69) is 0 Å². The summed E-state index contributed by atoms with van der Waals surface area (Å²) >= 11 is 0. The topological polar surface area (TPSA) is 8.81 Å². The van der Waals surface area contributed by atoms with Gasteiger partial charge in [-0.05, 0) is 0 Å². The van der Waals surface area contributed by atoms with Gasteiger partial charge in [-0.3, -0.25) is 0 Å². The summed E-state index contributed by atoms with van der Waals surface area (Å²) < 4.78 is 88.1. The average molecular weight is 265 g/mol. The summed E-state index contributed by atoms with van der Waals surface area (Å²) in [4.78, 5) is 0. The molecule has 17 heavy (non-hydrogen) atoms. The first-order valence-corrected chi connectivity index (χ1v) is 4.29. The van der Waals surface area contributed by atoms with Crippen LogP contribution in [0.25, 0.3) is 0 Å². The maximum Gasteiger partial charge on any atom is 0.474 e. The van der Waals surface area contributed by atoms with Gasteiger partial charge in [0.25, 0.3) is 5.82 Å². The fourth-order valence-corrected chi connectivity index (χ4v) is 1.31. The van der Waals surface area contributed by atoms with Gasteiger partial charge in [-0.2, -0.15) is 35.3 Å². The average Bonchev–Trinajstić information content (AvgIpc) is 2.43. The van der Waals surface area contributed by atoms with Crippen LogP contribution in [0.2, 0.25) is 0 Å². The number of aryl methyl sites for hydroxylation is 1. The molecule has 2 nitrogen and oxygen atoms in total. The van der Waals surface area contributed by atoms with E-state index in [1.165, 1.54) is 7.05 Å². The zero-order valence-corrected chi connectivity index (χ0v) is 8.69. The van der Waals surface area contributed by atoms with Crippen molar-refractivity contribution >= 4 is 0 Å². The predicted octanol–water partition coefficient (Wildman–Crippen LogP) is 2.37. The standard InChI is InChI=1S/C8H8F7N2/c1-5-16(2)3-4-17(5)6(9,7(10,11)12)8(13,14)15/h3-4H,1-2H3/q+1. The number of alkyl halides is 7. The van der Waals surface area contributed by atoms with Crippen LogP contribution in [0.1, 0.15) is 5.82 Å². The van der Waals surface area contributed by atoms with Crippen LogP contribution in [0, 0.1) is 6.92 Å². The maximum atomic E-state index is 13.5. The quantitative estimate of drug-likeness (QED) is 0.544. The Morgan fingerprint density at radius 3 is 1.65 bits per heavy atom. The largest absolute Gasteiger partial charge is 0.474 e. The third kappa shape index (κ3) is 1.87. The van der Waals surface area contributed by atoms with Crippen molar-refractivity contribution in [1.82, 2.24) is 4.57 Å². The third-order valence-corrected chi connectivity index (χ3v) is 2.38. The van der Waals surface area contributed by atoms with Crippen LogP contribution in [-0.2, 0) is 12.8 Å². The highest BCUT2D eigenvalue weighted by molar-refractivity contribution is 4.97. The Labute approximate surface area is 91.3 Å². The second kappa shape index (κ2) is 3.61. The van der Waals surface area contributed by atoms with Crippen molar-refractivity contribution in [2.45, 2.75) is 25.1 Å². The molecule has 0 aliphatic carbocycles. The van der Waals surface area contributed by atoms with Gasteiger partial charge in [0.2, 0.25) is 0 Å². The minimum Gasteiger partial charge on any atom is -0.237 e. The molecule has 0 saturated carbocycles. The van der Waals surface area contributed by atoms with E-state index in [1.54, 1.807) is 0 Å². The molecule has 0 aliphatic heterocycles. The zero-order chi connectivity index (χ0) is 13.6. The van der Waals surface area contributed by atoms with Gasteiger partial charge in [-0.25, -0.2) is 4.57 Å². The Bertz CT molecular complexity index is 400. The summed E-state index contributed by atoms with van der Waals surface area (Å²) in [5.74, 6) is -5.94. The fraction of sp³-hybridized carbons (Fsp3) is 0.625. The summed E-state index contributed by atoms with van der Waals surface area (Å²) in [6.45, 7) is 0.950. The van der Waals surface area contributed by atoms with Crippen molar-refractivity contribution in [2.75, 3.05) is 0 Å². The van der Waals surface area contributed by atoms with E-state index in [0.29, 0.717) is 6.20 Å². The molecule has 0 spiro atoms. The minimum atomic E-state index is -6.10. The van der Waals surface area contributed by atoms with Gasteiger partial charge in [-0.1, -0.05) is 0 Å². The van der Waals surface area contributed by atoms with Crippen molar-refractivity contribution in [3.63, 3.8) is 0 Å². The number of aromatic nitrogens is 2. The van der Waals surface area contributed by atoms with Gasteiger partial charge in [-0.15, -0.1) is 0 Å². The first-order chi connectivity index (χ1) is 7.43. The molecule has 1 aromatic rings. The molecule has 0 radical (unpaired) electrons. The third-order valence-electron chi connectivity index (χ3n) is 2.38. The van der Waals surface area contributed by atoms with E-state index in [4.69, 9.17) is 0 Å². The van der Waals surface area contributed by atoms with E-state index >= 15 is 0 Å². The molecule has 1 rings (SSSR count). The molecule has 9 heteroatoms. The Morgan fingerprint density at radius 2 is 1.41 bits per heavy atom. The van der Waals surface area contributed by atoms with Gasteiger partial charge in [0.05, 0.1) is 7.05 Å². The molecule has 1 heterocycles. The minimum absolute atomic E-state index is 0.399. The first-order valence-electron chi connectivity index (χ1n) is 4.29. The van der Waals surface area contributed by atoms with Crippen molar-refractivity contribution in [2.24, 2.45) is 7.05 Å². The molecule has 0 unspecified atom stereocenters. The number of hydrogen-bond acceptors (Lipinski definition) is 0. The normalized spacial score (nSPS) is 14.2. The molecule has 98 valence electrons. The van der Waals surface area contributed by atoms with E-state index in [-0.39, 0.29) is 0 Å². The van der Waals surface area contributed by atoms with Crippen molar-refractivity contribution in [3.8, 4) is 0 Å². The van der Waals surface area contributed by atoms with Crippen LogP contribution < -0.4 is 4.57 Å². The Morgan fingerprint density at radius 1 is 1.00 bits per heavy atom. The second-order valence-electron chi connectivity index (χ2n) is 3.44. The van der Waals surface area contributed by atoms with Crippen LogP contribution in [0.15, 0.2) is 12.4 Å². The number of halogens is 7. The highest BCUT2D eigenvalue weighted by atomic mass is 19.4. The summed E-state index contributed by atoms with van der Waals surface area (Å²) in [7, 11) is 1.21. The highest BCUT2D eigenvalue weighted by Gasteiger charge is 2.78. The Balaban J connectivity index is 3.52. The van der Waals surface area contributed by atoms with Crippen molar-refractivity contribution < 1.29 is 35.3 Å². The van der Waals surface area contributed by atoms with Gasteiger partial charge in [0.15, 0.2) is 0 Å². The molecule has 0 aromatic carbocycles. The summed E-state index contributed by atoms with van der Waals surface area (Å²) in [5, 5.41) is 0. The number of rotatable bonds is 1. The Kier molecular flexibility index (Phi) is 2.92. The molecule has 0 aliphatic rings. The molecule has 1 aromatic heterocycles. The fourth-order valence-electron chi connectivity index (χ4n) is 1.31. The molecule has 0 saturated heterocycles. The van der Waals surface area contributed by atoms with Gasteiger partial charge >= 0.3 is 18.1 Å². The predicted molar refractivity (Wildman–Crippen MR) is 41.5 cm³/mol. The van der Waals surface area contributed by atoms with Gasteiger partial charge in [0, 0.05) is 6.92 Å². The van der Waals surface area contributed by atoms with E-state index in [1.807, 2.05) is 0 Å². The van der Waals surface area contributed by atoms with Crippen LogP contribution in [0.5, 0.6) is 0 Å². The van der Waals surface area contributed by atoms with E-state index in [0.717, 1.165) is 17.7 Å². The van der Waals surface area contributed by atoms with Gasteiger partial charge < -0.3 is 0 Å². The van der Waals surface area contributed by atoms with Crippen LogP contribution >= 0.6 is 0 Å². The molecular weight excluding hydrogens is 257 g/mol. The Hall–Kier alpha value is -1.28. The van der Waals surface area contributed by atoms with Crippen LogP contribution in [0.3, 0.4) is 0 Å². The molecule has 0 N–H and O–H groups in total. The van der Waals surface area contributed by atoms with Crippen LogP contribution in [0.4, 0.5) is 30.7 Å². The van der Waals surface area contributed by atoms with E-state index < -0.39 is 28.5 Å². The lowest BCUT2D eigenvalue weighted by atomic mass is 10.2. The zero-order valence-electron chi connectivity index (χ0n) is 8.69. The molecular formula is C8H8F7N2+. The summed E-state index contributed by atoms with van der Waals surface area (Å²) in [5.41, 5.74) is 0. The summed E-state index contributed by atoms with van der Waals surface area (Å²) in [6.07, 6.45) is -10.9. The first kappa shape index (κ1) is 13.8. The van der Waals surface area contributed by atoms with Crippen molar-refractivity contribution in [3.05, 3.63) is 18.2 Å². The second-order valence-corrected chi connectivity index (χ2v) is 3.44. The van der Waals surface area contributed by atoms with E-state index in [9.17, 15) is 30.7 Å². The lowest BCUT2D eigenvalue weighted by Gasteiger charge is -2.27. The summed E-state index contributed by atoms with van der Waals surface area (Å²) in [6, 6.07) is 0. The molecule has 0 bridgehead atoms. The molecule has 0 amide bonds. The lowest BCUT2D eigenvalue weighted by molar-refractivity contribution is -0.678. The highest BCUT2D eigenvalue weighted by Crippen LogP contribution is 2.49. The lowest BCUT2D eigenvalue weighted by Crippen LogP contribution is -2.55. The SMILES string of the molecule is Cc1n(C(F)(C(F)(F)F)C(F)(F)F)cc[n+]1C. The monoisotopic (exact) mass is 265 g/mol. The van der Waals surface area contributed by atoms with Crippen LogP contribution in [-0.4, -0.2) is 16.9 Å².